The predicted octanol–water partition coefficient (Wildman–Crippen LogP) is 6.52. The molecule has 0 radical (unpaired) electrons. The van der Waals surface area contributed by atoms with Gasteiger partial charge in [0.25, 0.3) is 0 Å². The second-order valence-corrected chi connectivity index (χ2v) is 6.35. The van der Waals surface area contributed by atoms with Crippen molar-refractivity contribution in [3.63, 3.8) is 0 Å². The van der Waals surface area contributed by atoms with Crippen LogP contribution in [0.4, 0.5) is 8.78 Å². The number of benzene rings is 2. The SMILES string of the molecule is Fc1cc(Br)c(Cl)cc1C(Br)c1cccc(F)c1Cl. The molecular formula is C13H6Br2Cl2F2. The van der Waals surface area contributed by atoms with Crippen molar-refractivity contribution in [2.45, 2.75) is 4.83 Å². The summed E-state index contributed by atoms with van der Waals surface area (Å²) < 4.78 is 27.8. The molecule has 0 aliphatic carbocycles. The van der Waals surface area contributed by atoms with E-state index in [2.05, 4.69) is 31.9 Å². The molecule has 0 heterocycles. The van der Waals surface area contributed by atoms with E-state index in [1.807, 2.05) is 0 Å². The Kier molecular flexibility index (Phi) is 4.88. The van der Waals surface area contributed by atoms with Crippen LogP contribution in [0.15, 0.2) is 34.8 Å². The standard InChI is InChI=1S/C13H6Br2Cl2F2/c14-8-5-11(19)7(4-9(8)16)12(15)6-2-1-3-10(18)13(6)17/h1-5,12H. The zero-order chi connectivity index (χ0) is 14.2. The van der Waals surface area contributed by atoms with Gasteiger partial charge >= 0.3 is 0 Å². The number of halogens is 6. The number of hydrogen-bond acceptors (Lipinski definition) is 0. The molecule has 0 spiro atoms. The van der Waals surface area contributed by atoms with Crippen molar-refractivity contribution < 1.29 is 8.78 Å². The Bertz CT molecular complexity index is 632. The highest BCUT2D eigenvalue weighted by Gasteiger charge is 2.20. The van der Waals surface area contributed by atoms with Crippen LogP contribution >= 0.6 is 55.1 Å². The number of rotatable bonds is 2. The maximum absolute atomic E-state index is 13.9. The second-order valence-electron chi connectivity index (χ2n) is 3.79. The van der Waals surface area contributed by atoms with Gasteiger partial charge in [-0.1, -0.05) is 51.3 Å². The molecule has 0 nitrogen and oxygen atoms in total. The quantitative estimate of drug-likeness (QED) is 0.376. The summed E-state index contributed by atoms with van der Waals surface area (Å²) in [5.41, 5.74) is 0.736. The summed E-state index contributed by atoms with van der Waals surface area (Å²) in [4.78, 5) is -0.582. The molecule has 0 N–H and O–H groups in total. The summed E-state index contributed by atoms with van der Waals surface area (Å²) in [5.74, 6) is -1.01. The molecule has 2 aromatic carbocycles. The summed E-state index contributed by atoms with van der Waals surface area (Å²) in [7, 11) is 0. The van der Waals surface area contributed by atoms with Crippen LogP contribution in [0.2, 0.25) is 10.0 Å². The molecule has 1 atom stereocenters. The van der Waals surface area contributed by atoms with Gasteiger partial charge in [-0.3, -0.25) is 0 Å². The molecule has 0 saturated carbocycles. The van der Waals surface area contributed by atoms with E-state index in [1.165, 1.54) is 24.3 Å². The van der Waals surface area contributed by atoms with Gasteiger partial charge in [0.15, 0.2) is 0 Å². The van der Waals surface area contributed by atoms with Crippen LogP contribution < -0.4 is 0 Å². The van der Waals surface area contributed by atoms with Crippen molar-refractivity contribution in [2.24, 2.45) is 0 Å². The van der Waals surface area contributed by atoms with Crippen LogP contribution in [-0.4, -0.2) is 0 Å². The van der Waals surface area contributed by atoms with E-state index in [0.29, 0.717) is 20.6 Å². The van der Waals surface area contributed by atoms with Gasteiger partial charge in [0.05, 0.1) is 14.9 Å². The van der Waals surface area contributed by atoms with Gasteiger partial charge in [0.2, 0.25) is 0 Å². The Morgan fingerprint density at radius 1 is 1.00 bits per heavy atom. The minimum atomic E-state index is -0.582. The summed E-state index contributed by atoms with van der Waals surface area (Å²) in [5, 5.41) is 0.330. The fraction of sp³-hybridized carbons (Fsp3) is 0.0769. The molecule has 0 aliphatic rings. The zero-order valence-corrected chi connectivity index (χ0v) is 13.9. The van der Waals surface area contributed by atoms with Crippen molar-refractivity contribution in [3.05, 3.63) is 67.6 Å². The monoisotopic (exact) mass is 428 g/mol. The Morgan fingerprint density at radius 2 is 1.68 bits per heavy atom. The Balaban J connectivity index is 2.53. The summed E-state index contributed by atoms with van der Waals surface area (Å²) in [6.07, 6.45) is 0. The minimum Gasteiger partial charge on any atom is -0.207 e. The van der Waals surface area contributed by atoms with Gasteiger partial charge in [-0.25, -0.2) is 8.78 Å². The lowest BCUT2D eigenvalue weighted by Gasteiger charge is -2.14. The van der Waals surface area contributed by atoms with Crippen LogP contribution in [0.3, 0.4) is 0 Å². The molecule has 0 saturated heterocycles. The maximum Gasteiger partial charge on any atom is 0.142 e. The molecule has 0 aliphatic heterocycles. The molecule has 100 valence electrons. The molecular weight excluding hydrogens is 425 g/mol. The van der Waals surface area contributed by atoms with Gasteiger partial charge in [-0.05, 0) is 39.7 Å². The number of hydrogen-bond donors (Lipinski definition) is 0. The molecule has 19 heavy (non-hydrogen) atoms. The van der Waals surface area contributed by atoms with E-state index in [4.69, 9.17) is 23.2 Å². The van der Waals surface area contributed by atoms with Crippen molar-refractivity contribution >= 4 is 55.1 Å². The fourth-order valence-corrected chi connectivity index (χ4v) is 3.20. The molecule has 2 rings (SSSR count). The Hall–Kier alpha value is -0.160. The van der Waals surface area contributed by atoms with E-state index in [9.17, 15) is 8.78 Å². The normalized spacial score (nSPS) is 12.5. The predicted molar refractivity (Wildman–Crippen MR) is 81.3 cm³/mol. The van der Waals surface area contributed by atoms with Crippen molar-refractivity contribution in [3.8, 4) is 0 Å². The first-order chi connectivity index (χ1) is 8.91. The van der Waals surface area contributed by atoms with Crippen LogP contribution in [0, 0.1) is 11.6 Å². The Labute approximate surface area is 136 Å². The summed E-state index contributed by atoms with van der Waals surface area (Å²) >= 11 is 18.3. The van der Waals surface area contributed by atoms with Crippen LogP contribution in [-0.2, 0) is 0 Å². The molecule has 0 bridgehead atoms. The lowest BCUT2D eigenvalue weighted by molar-refractivity contribution is 0.610. The second kappa shape index (κ2) is 6.08. The molecule has 0 aromatic heterocycles. The largest absolute Gasteiger partial charge is 0.207 e. The maximum atomic E-state index is 13.9. The Morgan fingerprint density at radius 3 is 2.37 bits per heavy atom. The molecule has 6 heteroatoms. The van der Waals surface area contributed by atoms with E-state index in [1.54, 1.807) is 6.07 Å². The highest BCUT2D eigenvalue weighted by Crippen LogP contribution is 2.39. The third kappa shape index (κ3) is 3.13. The molecule has 0 fully saturated rings. The van der Waals surface area contributed by atoms with Gasteiger partial charge in [-0.2, -0.15) is 0 Å². The molecule has 0 amide bonds. The highest BCUT2D eigenvalue weighted by molar-refractivity contribution is 9.10. The average Bonchev–Trinajstić information content (AvgIpc) is 2.36. The fourth-order valence-electron chi connectivity index (χ4n) is 1.62. The van der Waals surface area contributed by atoms with E-state index >= 15 is 0 Å². The van der Waals surface area contributed by atoms with E-state index < -0.39 is 16.5 Å². The highest BCUT2D eigenvalue weighted by atomic mass is 79.9. The minimum absolute atomic E-state index is 0.0391. The first kappa shape index (κ1) is 15.2. The van der Waals surface area contributed by atoms with Crippen LogP contribution in [0.1, 0.15) is 16.0 Å². The third-order valence-corrected chi connectivity index (χ3v) is 5.15. The van der Waals surface area contributed by atoms with E-state index in [0.717, 1.165) is 0 Å². The molecule has 1 unspecified atom stereocenters. The van der Waals surface area contributed by atoms with Crippen LogP contribution in [0.5, 0.6) is 0 Å². The third-order valence-electron chi connectivity index (χ3n) is 2.57. The van der Waals surface area contributed by atoms with Crippen LogP contribution in [0.25, 0.3) is 0 Å². The van der Waals surface area contributed by atoms with Crippen molar-refractivity contribution in [1.29, 1.82) is 0 Å². The first-order valence-electron chi connectivity index (χ1n) is 5.14. The topological polar surface area (TPSA) is 0 Å². The van der Waals surface area contributed by atoms with Gasteiger partial charge in [0, 0.05) is 10.0 Å². The summed E-state index contributed by atoms with van der Waals surface area (Å²) in [6.45, 7) is 0. The first-order valence-corrected chi connectivity index (χ1v) is 7.60. The average molecular weight is 431 g/mol. The van der Waals surface area contributed by atoms with Gasteiger partial charge in [-0.15, -0.1) is 0 Å². The summed E-state index contributed by atoms with van der Waals surface area (Å²) in [6, 6.07) is 7.13. The number of alkyl halides is 1. The van der Waals surface area contributed by atoms with Gasteiger partial charge in [0.1, 0.15) is 11.6 Å². The lowest BCUT2D eigenvalue weighted by Crippen LogP contribution is -1.99. The van der Waals surface area contributed by atoms with E-state index in [-0.39, 0.29) is 5.02 Å². The lowest BCUT2D eigenvalue weighted by atomic mass is 10.0. The van der Waals surface area contributed by atoms with Crippen molar-refractivity contribution in [2.75, 3.05) is 0 Å². The van der Waals surface area contributed by atoms with Gasteiger partial charge < -0.3 is 0 Å². The smallest absolute Gasteiger partial charge is 0.142 e. The molecule has 2 aromatic rings. The van der Waals surface area contributed by atoms with Crippen molar-refractivity contribution in [1.82, 2.24) is 0 Å². The zero-order valence-electron chi connectivity index (χ0n) is 9.23.